The van der Waals surface area contributed by atoms with Crippen LogP contribution in [0.3, 0.4) is 0 Å². The molecule has 0 N–H and O–H groups in total. The van der Waals surface area contributed by atoms with Crippen LogP contribution in [0.15, 0.2) is 35.3 Å². The van der Waals surface area contributed by atoms with Crippen molar-refractivity contribution in [3.05, 3.63) is 40.2 Å². The molecule has 1 heterocycles. The van der Waals surface area contributed by atoms with E-state index in [9.17, 15) is 9.18 Å². The molecule has 4 heteroatoms. The van der Waals surface area contributed by atoms with Crippen molar-refractivity contribution < 1.29 is 9.18 Å². The Morgan fingerprint density at radius 1 is 1.50 bits per heavy atom. The number of rotatable bonds is 2. The SMILES string of the molecule is CC.CC1=CC(C(=O)c2ccns2)=C(F)C(C)C1. The molecule has 2 nitrogen and oxygen atoms in total. The van der Waals surface area contributed by atoms with Crippen molar-refractivity contribution in [2.24, 2.45) is 5.92 Å². The molecule has 0 aliphatic heterocycles. The van der Waals surface area contributed by atoms with Crippen molar-refractivity contribution >= 4 is 17.3 Å². The Bertz CT molecular complexity index is 474. The van der Waals surface area contributed by atoms with Crippen LogP contribution in [0.1, 0.15) is 43.8 Å². The van der Waals surface area contributed by atoms with Gasteiger partial charge < -0.3 is 0 Å². The molecule has 1 aliphatic rings. The van der Waals surface area contributed by atoms with E-state index in [2.05, 4.69) is 4.37 Å². The van der Waals surface area contributed by atoms with Gasteiger partial charge >= 0.3 is 0 Å². The maximum absolute atomic E-state index is 13.9. The smallest absolute Gasteiger partial charge is 0.207 e. The predicted octanol–water partition coefficient (Wildman–Crippen LogP) is 4.56. The zero-order valence-electron chi connectivity index (χ0n) is 11.2. The van der Waals surface area contributed by atoms with Crippen LogP contribution >= 0.6 is 11.5 Å². The average Bonchev–Trinajstić information content (AvgIpc) is 2.89. The summed E-state index contributed by atoms with van der Waals surface area (Å²) in [5.41, 5.74) is 1.24. The number of allylic oxidation sites excluding steroid dienone is 4. The molecule has 98 valence electrons. The maximum Gasteiger partial charge on any atom is 0.207 e. The summed E-state index contributed by atoms with van der Waals surface area (Å²) in [5, 5.41) is 0. The number of hydrogen-bond donors (Lipinski definition) is 0. The summed E-state index contributed by atoms with van der Waals surface area (Å²) >= 11 is 1.10. The van der Waals surface area contributed by atoms with Crippen molar-refractivity contribution in [3.8, 4) is 0 Å². The lowest BCUT2D eigenvalue weighted by molar-refractivity contribution is 0.103. The second-order valence-electron chi connectivity index (χ2n) is 4.06. The van der Waals surface area contributed by atoms with E-state index in [-0.39, 0.29) is 23.1 Å². The fourth-order valence-corrected chi connectivity index (χ4v) is 2.40. The van der Waals surface area contributed by atoms with E-state index < -0.39 is 0 Å². The highest BCUT2D eigenvalue weighted by Gasteiger charge is 2.24. The third-order valence-corrected chi connectivity index (χ3v) is 3.36. The van der Waals surface area contributed by atoms with Crippen LogP contribution in [0.25, 0.3) is 0 Å². The van der Waals surface area contributed by atoms with Gasteiger partial charge in [-0.05, 0) is 37.0 Å². The summed E-state index contributed by atoms with van der Waals surface area (Å²) in [4.78, 5) is 12.5. The van der Waals surface area contributed by atoms with Crippen LogP contribution in [-0.2, 0) is 0 Å². The molecule has 1 unspecified atom stereocenters. The quantitative estimate of drug-likeness (QED) is 0.735. The second kappa shape index (κ2) is 6.59. The van der Waals surface area contributed by atoms with Crippen LogP contribution in [0, 0.1) is 5.92 Å². The molecule has 0 radical (unpaired) electrons. The number of Topliss-reactive ketones (excluding diaryl/α,β-unsaturated/α-hetero) is 1. The van der Waals surface area contributed by atoms with Gasteiger partial charge in [-0.25, -0.2) is 8.76 Å². The van der Waals surface area contributed by atoms with Crippen LogP contribution in [0.5, 0.6) is 0 Å². The first-order valence-corrected chi connectivity index (χ1v) is 6.89. The van der Waals surface area contributed by atoms with Gasteiger partial charge in [0.2, 0.25) is 5.78 Å². The van der Waals surface area contributed by atoms with Gasteiger partial charge in [0.25, 0.3) is 0 Å². The number of hydrogen-bond acceptors (Lipinski definition) is 3. The van der Waals surface area contributed by atoms with Gasteiger partial charge in [-0.15, -0.1) is 0 Å². The summed E-state index contributed by atoms with van der Waals surface area (Å²) in [6, 6.07) is 1.62. The van der Waals surface area contributed by atoms with Crippen molar-refractivity contribution in [2.45, 2.75) is 34.1 Å². The van der Waals surface area contributed by atoms with Crippen molar-refractivity contribution in [1.82, 2.24) is 4.37 Å². The van der Waals surface area contributed by atoms with Crippen molar-refractivity contribution in [1.29, 1.82) is 0 Å². The Kier molecular flexibility index (Phi) is 5.41. The first-order valence-electron chi connectivity index (χ1n) is 6.12. The van der Waals surface area contributed by atoms with Gasteiger partial charge in [0.05, 0.1) is 10.5 Å². The van der Waals surface area contributed by atoms with Crippen LogP contribution in [-0.4, -0.2) is 10.2 Å². The van der Waals surface area contributed by atoms with Crippen LogP contribution in [0.4, 0.5) is 4.39 Å². The highest BCUT2D eigenvalue weighted by Crippen LogP contribution is 2.32. The summed E-state index contributed by atoms with van der Waals surface area (Å²) in [6.45, 7) is 7.72. The third kappa shape index (κ3) is 3.13. The molecule has 1 aromatic rings. The molecule has 1 aromatic heterocycles. The summed E-state index contributed by atoms with van der Waals surface area (Å²) in [6.07, 6.45) is 3.89. The number of halogens is 1. The van der Waals surface area contributed by atoms with E-state index in [1.54, 1.807) is 25.3 Å². The zero-order chi connectivity index (χ0) is 13.7. The Hall–Kier alpha value is -1.29. The van der Waals surface area contributed by atoms with Crippen LogP contribution in [0.2, 0.25) is 0 Å². The predicted molar refractivity (Wildman–Crippen MR) is 73.5 cm³/mol. The van der Waals surface area contributed by atoms with Crippen LogP contribution < -0.4 is 0 Å². The highest BCUT2D eigenvalue weighted by molar-refractivity contribution is 7.08. The minimum absolute atomic E-state index is 0.195. The molecule has 2 rings (SSSR count). The molecular formula is C14H18FNOS. The maximum atomic E-state index is 13.9. The Balaban J connectivity index is 0.000000771. The molecule has 0 amide bonds. The first-order chi connectivity index (χ1) is 8.59. The lowest BCUT2D eigenvalue weighted by Crippen LogP contribution is -2.11. The average molecular weight is 267 g/mol. The zero-order valence-corrected chi connectivity index (χ0v) is 12.0. The van der Waals surface area contributed by atoms with E-state index in [0.717, 1.165) is 17.1 Å². The van der Waals surface area contributed by atoms with E-state index >= 15 is 0 Å². The normalized spacial score (nSPS) is 18.9. The molecule has 0 aromatic carbocycles. The highest BCUT2D eigenvalue weighted by atomic mass is 32.1. The topological polar surface area (TPSA) is 30.0 Å². The van der Waals surface area contributed by atoms with E-state index in [0.29, 0.717) is 11.3 Å². The van der Waals surface area contributed by atoms with Crippen molar-refractivity contribution in [2.75, 3.05) is 0 Å². The molecule has 1 aliphatic carbocycles. The van der Waals surface area contributed by atoms with Gasteiger partial charge in [-0.1, -0.05) is 26.3 Å². The van der Waals surface area contributed by atoms with Gasteiger partial charge in [-0.2, -0.15) is 0 Å². The summed E-state index contributed by atoms with van der Waals surface area (Å²) in [7, 11) is 0. The lowest BCUT2D eigenvalue weighted by Gasteiger charge is -2.17. The minimum atomic E-state index is -0.302. The van der Waals surface area contributed by atoms with Gasteiger partial charge in [0, 0.05) is 12.1 Å². The fraction of sp³-hybridized carbons (Fsp3) is 0.429. The second-order valence-corrected chi connectivity index (χ2v) is 4.90. The minimum Gasteiger partial charge on any atom is -0.288 e. The van der Waals surface area contributed by atoms with Crippen molar-refractivity contribution in [3.63, 3.8) is 0 Å². The lowest BCUT2D eigenvalue weighted by atomic mass is 9.89. The van der Waals surface area contributed by atoms with E-state index in [4.69, 9.17) is 0 Å². The molecule has 0 spiro atoms. The third-order valence-electron chi connectivity index (χ3n) is 2.62. The Morgan fingerprint density at radius 3 is 2.72 bits per heavy atom. The molecule has 0 saturated heterocycles. The first kappa shape index (κ1) is 14.8. The van der Waals surface area contributed by atoms with E-state index in [1.165, 1.54) is 0 Å². The number of ketones is 1. The number of nitrogens with zero attached hydrogens (tertiary/aromatic N) is 1. The number of carbonyl (C=O) groups is 1. The summed E-state index contributed by atoms with van der Waals surface area (Å²) in [5.74, 6) is -0.758. The molecule has 0 saturated carbocycles. The standard InChI is InChI=1S/C12H12FNOS.C2H6/c1-7-5-8(2)11(13)9(6-7)12(15)10-3-4-14-16-10;1-2/h3-4,6,8H,5H2,1-2H3;1-2H3. The van der Waals surface area contributed by atoms with Gasteiger partial charge in [-0.3, -0.25) is 4.79 Å². The van der Waals surface area contributed by atoms with E-state index in [1.807, 2.05) is 20.8 Å². The molecule has 0 fully saturated rings. The molecule has 18 heavy (non-hydrogen) atoms. The molecule has 0 bridgehead atoms. The van der Waals surface area contributed by atoms with Gasteiger partial charge in [0.15, 0.2) is 0 Å². The summed E-state index contributed by atoms with van der Waals surface area (Å²) < 4.78 is 17.7. The van der Waals surface area contributed by atoms with Gasteiger partial charge in [0.1, 0.15) is 5.83 Å². The largest absolute Gasteiger partial charge is 0.288 e. The Morgan fingerprint density at radius 2 is 2.17 bits per heavy atom. The monoisotopic (exact) mass is 267 g/mol. The number of aromatic nitrogens is 1. The fourth-order valence-electron chi connectivity index (χ4n) is 1.85. The molecular weight excluding hydrogens is 249 g/mol. The molecule has 1 atom stereocenters. The Labute approximate surface area is 111 Å². The number of carbonyl (C=O) groups excluding carboxylic acids is 1.